The van der Waals surface area contributed by atoms with E-state index in [1.165, 1.54) is 5.56 Å². The van der Waals surface area contributed by atoms with Crippen molar-refractivity contribution in [1.82, 2.24) is 5.32 Å². The van der Waals surface area contributed by atoms with Crippen LogP contribution in [0.4, 0.5) is 0 Å². The Morgan fingerprint density at radius 1 is 1.50 bits per heavy atom. The van der Waals surface area contributed by atoms with Crippen LogP contribution in [-0.4, -0.2) is 13.2 Å². The molecule has 18 heavy (non-hydrogen) atoms. The summed E-state index contributed by atoms with van der Waals surface area (Å²) in [5.74, 6) is 1.58. The van der Waals surface area contributed by atoms with Crippen molar-refractivity contribution < 1.29 is 9.15 Å². The molecule has 0 fully saturated rings. The van der Waals surface area contributed by atoms with Gasteiger partial charge in [0.05, 0.1) is 12.9 Å². The van der Waals surface area contributed by atoms with Gasteiger partial charge in [-0.3, -0.25) is 0 Å². The molecule has 0 amide bonds. The fourth-order valence-electron chi connectivity index (χ4n) is 1.56. The third kappa shape index (κ3) is 6.03. The first kappa shape index (κ1) is 15.0. The van der Waals surface area contributed by atoms with Gasteiger partial charge in [-0.05, 0) is 31.9 Å². The molecule has 0 saturated heterocycles. The molecule has 0 atom stereocenters. The highest BCUT2D eigenvalue weighted by Gasteiger charge is 2.06. The Labute approximate surface area is 110 Å². The molecule has 102 valence electrons. The van der Waals surface area contributed by atoms with Crippen molar-refractivity contribution in [1.29, 1.82) is 0 Å². The lowest BCUT2D eigenvalue weighted by Gasteiger charge is -2.08. The van der Waals surface area contributed by atoms with E-state index in [9.17, 15) is 0 Å². The Morgan fingerprint density at radius 2 is 2.28 bits per heavy atom. The maximum absolute atomic E-state index is 5.57. The SMILES string of the molecule is C=C(C)CCOCc1occc1CNCC(C)C. The van der Waals surface area contributed by atoms with Gasteiger partial charge in [-0.15, -0.1) is 6.58 Å². The van der Waals surface area contributed by atoms with E-state index < -0.39 is 0 Å². The van der Waals surface area contributed by atoms with Gasteiger partial charge in [-0.1, -0.05) is 19.4 Å². The van der Waals surface area contributed by atoms with E-state index in [2.05, 4.69) is 25.7 Å². The van der Waals surface area contributed by atoms with Crippen molar-refractivity contribution in [2.24, 2.45) is 5.92 Å². The summed E-state index contributed by atoms with van der Waals surface area (Å²) in [6, 6.07) is 2.00. The minimum Gasteiger partial charge on any atom is -0.467 e. The summed E-state index contributed by atoms with van der Waals surface area (Å²) >= 11 is 0. The van der Waals surface area contributed by atoms with Crippen LogP contribution < -0.4 is 5.32 Å². The van der Waals surface area contributed by atoms with Gasteiger partial charge in [0.25, 0.3) is 0 Å². The monoisotopic (exact) mass is 251 g/mol. The molecule has 0 aromatic carbocycles. The van der Waals surface area contributed by atoms with Gasteiger partial charge in [0.2, 0.25) is 0 Å². The first-order valence-corrected chi connectivity index (χ1v) is 6.57. The van der Waals surface area contributed by atoms with Crippen LogP contribution in [0, 0.1) is 5.92 Å². The molecule has 0 unspecified atom stereocenters. The van der Waals surface area contributed by atoms with E-state index in [1.807, 2.05) is 13.0 Å². The third-order valence-electron chi connectivity index (χ3n) is 2.61. The summed E-state index contributed by atoms with van der Waals surface area (Å²) in [4.78, 5) is 0. The second kappa shape index (κ2) is 8.11. The summed E-state index contributed by atoms with van der Waals surface area (Å²) < 4.78 is 11.0. The van der Waals surface area contributed by atoms with Gasteiger partial charge >= 0.3 is 0 Å². The molecule has 0 spiro atoms. The molecule has 1 heterocycles. The van der Waals surface area contributed by atoms with Crippen molar-refractivity contribution in [2.75, 3.05) is 13.2 Å². The second-order valence-corrected chi connectivity index (χ2v) is 5.15. The van der Waals surface area contributed by atoms with Crippen molar-refractivity contribution in [3.8, 4) is 0 Å². The summed E-state index contributed by atoms with van der Waals surface area (Å²) in [7, 11) is 0. The quantitative estimate of drug-likeness (QED) is 0.539. The van der Waals surface area contributed by atoms with E-state index >= 15 is 0 Å². The fraction of sp³-hybridized carbons (Fsp3) is 0.600. The molecule has 3 heteroatoms. The number of ether oxygens (including phenoxy) is 1. The number of hydrogen-bond acceptors (Lipinski definition) is 3. The maximum atomic E-state index is 5.57. The number of furan rings is 1. The molecule has 3 nitrogen and oxygen atoms in total. The second-order valence-electron chi connectivity index (χ2n) is 5.15. The highest BCUT2D eigenvalue weighted by molar-refractivity contribution is 5.16. The Bertz CT molecular complexity index is 355. The molecule has 1 N–H and O–H groups in total. The average molecular weight is 251 g/mol. The minimum atomic E-state index is 0.541. The lowest BCUT2D eigenvalue weighted by atomic mass is 10.2. The predicted molar refractivity (Wildman–Crippen MR) is 74.3 cm³/mol. The van der Waals surface area contributed by atoms with E-state index in [0.29, 0.717) is 19.1 Å². The third-order valence-corrected chi connectivity index (χ3v) is 2.61. The highest BCUT2D eigenvalue weighted by Crippen LogP contribution is 2.12. The van der Waals surface area contributed by atoms with Crippen LogP contribution in [0.3, 0.4) is 0 Å². The fourth-order valence-corrected chi connectivity index (χ4v) is 1.56. The van der Waals surface area contributed by atoms with Gasteiger partial charge in [-0.25, -0.2) is 0 Å². The molecule has 0 aliphatic carbocycles. The van der Waals surface area contributed by atoms with Crippen LogP contribution in [0.1, 0.15) is 38.5 Å². The van der Waals surface area contributed by atoms with Gasteiger partial charge < -0.3 is 14.5 Å². The van der Waals surface area contributed by atoms with Crippen molar-refractivity contribution in [3.63, 3.8) is 0 Å². The zero-order chi connectivity index (χ0) is 13.4. The van der Waals surface area contributed by atoms with E-state index in [-0.39, 0.29) is 0 Å². The Morgan fingerprint density at radius 3 is 2.94 bits per heavy atom. The summed E-state index contributed by atoms with van der Waals surface area (Å²) in [6.07, 6.45) is 2.63. The molecule has 1 aromatic heterocycles. The first-order valence-electron chi connectivity index (χ1n) is 6.57. The molecule has 1 rings (SSSR count). The zero-order valence-electron chi connectivity index (χ0n) is 11.8. The Balaban J connectivity index is 2.28. The largest absolute Gasteiger partial charge is 0.467 e. The first-order chi connectivity index (χ1) is 8.59. The summed E-state index contributed by atoms with van der Waals surface area (Å²) in [6.45, 7) is 13.4. The molecule has 0 aliphatic heterocycles. The highest BCUT2D eigenvalue weighted by atomic mass is 16.5. The summed E-state index contributed by atoms with van der Waals surface area (Å²) in [5.41, 5.74) is 2.33. The number of hydrogen-bond donors (Lipinski definition) is 1. The summed E-state index contributed by atoms with van der Waals surface area (Å²) in [5, 5.41) is 3.41. The maximum Gasteiger partial charge on any atom is 0.133 e. The van der Waals surface area contributed by atoms with Crippen LogP contribution >= 0.6 is 0 Å². The lowest BCUT2D eigenvalue weighted by Crippen LogP contribution is -2.19. The molecule has 1 aromatic rings. The van der Waals surface area contributed by atoms with Crippen LogP contribution in [0.25, 0.3) is 0 Å². The number of nitrogens with one attached hydrogen (secondary N) is 1. The van der Waals surface area contributed by atoms with Crippen molar-refractivity contribution in [3.05, 3.63) is 35.8 Å². The molecular formula is C15H25NO2. The molecular weight excluding hydrogens is 226 g/mol. The standard InChI is InChI=1S/C15H25NO2/c1-12(2)5-7-17-11-15-14(6-8-18-15)10-16-9-13(3)4/h6,8,13,16H,1,5,7,9-11H2,2-4H3. The van der Waals surface area contributed by atoms with E-state index in [0.717, 1.165) is 30.8 Å². The molecule has 0 radical (unpaired) electrons. The number of rotatable bonds is 9. The van der Waals surface area contributed by atoms with Crippen molar-refractivity contribution >= 4 is 0 Å². The van der Waals surface area contributed by atoms with Gasteiger partial charge in [-0.2, -0.15) is 0 Å². The predicted octanol–water partition coefficient (Wildman–Crippen LogP) is 3.51. The van der Waals surface area contributed by atoms with E-state index in [1.54, 1.807) is 6.26 Å². The average Bonchev–Trinajstić information content (AvgIpc) is 2.71. The lowest BCUT2D eigenvalue weighted by molar-refractivity contribution is 0.108. The van der Waals surface area contributed by atoms with Crippen LogP contribution in [0.15, 0.2) is 28.9 Å². The zero-order valence-corrected chi connectivity index (χ0v) is 11.8. The molecule has 0 saturated carbocycles. The van der Waals surface area contributed by atoms with Gasteiger partial charge in [0.15, 0.2) is 0 Å². The Hall–Kier alpha value is -1.06. The Kier molecular flexibility index (Phi) is 6.76. The van der Waals surface area contributed by atoms with Crippen LogP contribution in [-0.2, 0) is 17.9 Å². The van der Waals surface area contributed by atoms with Gasteiger partial charge in [0, 0.05) is 12.1 Å². The molecule has 0 bridgehead atoms. The smallest absolute Gasteiger partial charge is 0.133 e. The normalized spacial score (nSPS) is 11.1. The topological polar surface area (TPSA) is 34.4 Å². The van der Waals surface area contributed by atoms with Crippen molar-refractivity contribution in [2.45, 2.75) is 40.3 Å². The van der Waals surface area contributed by atoms with E-state index in [4.69, 9.17) is 9.15 Å². The van der Waals surface area contributed by atoms with Crippen LogP contribution in [0.2, 0.25) is 0 Å². The molecule has 0 aliphatic rings. The van der Waals surface area contributed by atoms with Gasteiger partial charge in [0.1, 0.15) is 12.4 Å². The minimum absolute atomic E-state index is 0.541. The van der Waals surface area contributed by atoms with Crippen LogP contribution in [0.5, 0.6) is 0 Å².